The molecule has 4 rings (SSSR count). The highest BCUT2D eigenvalue weighted by atomic mass is 19.1. The summed E-state index contributed by atoms with van der Waals surface area (Å²) < 4.78 is 21.5. The van der Waals surface area contributed by atoms with Gasteiger partial charge in [0.2, 0.25) is 5.95 Å². The predicted octanol–water partition coefficient (Wildman–Crippen LogP) is 4.14. The Morgan fingerprint density at radius 2 is 1.85 bits per heavy atom. The van der Waals surface area contributed by atoms with Crippen molar-refractivity contribution in [3.05, 3.63) is 65.0 Å². The molecule has 9 heteroatoms. The zero-order chi connectivity index (χ0) is 24.3. The van der Waals surface area contributed by atoms with Gasteiger partial charge in [-0.05, 0) is 64.7 Å². The van der Waals surface area contributed by atoms with Crippen molar-refractivity contribution in [3.63, 3.8) is 0 Å². The number of anilines is 1. The first kappa shape index (κ1) is 23.5. The van der Waals surface area contributed by atoms with E-state index in [0.717, 1.165) is 19.0 Å². The molecule has 3 aromatic heterocycles. The van der Waals surface area contributed by atoms with Crippen LogP contribution in [-0.4, -0.2) is 37.1 Å². The number of esters is 1. The van der Waals surface area contributed by atoms with Gasteiger partial charge < -0.3 is 10.1 Å². The normalized spacial score (nSPS) is 18.4. The first-order valence-corrected chi connectivity index (χ1v) is 11.4. The van der Waals surface area contributed by atoms with E-state index in [1.54, 1.807) is 36.5 Å². The van der Waals surface area contributed by atoms with Gasteiger partial charge in [0.05, 0.1) is 17.8 Å². The molecule has 0 aromatic carbocycles. The van der Waals surface area contributed by atoms with E-state index in [1.807, 2.05) is 20.8 Å². The highest BCUT2D eigenvalue weighted by Crippen LogP contribution is 2.29. The van der Waals surface area contributed by atoms with Gasteiger partial charge >= 0.3 is 5.97 Å². The van der Waals surface area contributed by atoms with Gasteiger partial charge in [-0.3, -0.25) is 14.2 Å². The molecule has 1 saturated carbocycles. The van der Waals surface area contributed by atoms with Crippen LogP contribution < -0.4 is 10.9 Å². The topological polar surface area (TPSA) is 99.0 Å². The summed E-state index contributed by atoms with van der Waals surface area (Å²) in [5, 5.41) is 3.26. The number of rotatable bonds is 5. The van der Waals surface area contributed by atoms with Crippen molar-refractivity contribution in [3.8, 4) is 17.2 Å². The molecule has 0 radical (unpaired) electrons. The van der Waals surface area contributed by atoms with Crippen molar-refractivity contribution in [1.29, 1.82) is 0 Å². The second kappa shape index (κ2) is 9.70. The van der Waals surface area contributed by atoms with Crippen molar-refractivity contribution in [1.82, 2.24) is 19.5 Å². The second-order valence-electron chi connectivity index (χ2n) is 9.41. The van der Waals surface area contributed by atoms with Crippen LogP contribution in [0.15, 0.2) is 53.6 Å². The molecule has 1 aliphatic rings. The van der Waals surface area contributed by atoms with Gasteiger partial charge in [-0.25, -0.2) is 19.3 Å². The number of carbonyl (C=O) groups is 1. The second-order valence-corrected chi connectivity index (χ2v) is 9.41. The number of hydrogen-bond donors (Lipinski definition) is 1. The Balaban J connectivity index is 1.47. The van der Waals surface area contributed by atoms with Gasteiger partial charge in [-0.15, -0.1) is 0 Å². The minimum atomic E-state index is -0.607. The van der Waals surface area contributed by atoms with E-state index in [9.17, 15) is 14.0 Å². The fourth-order valence-corrected chi connectivity index (χ4v) is 3.96. The van der Waals surface area contributed by atoms with E-state index in [2.05, 4.69) is 20.3 Å². The molecule has 1 N–H and O–H groups in total. The van der Waals surface area contributed by atoms with Crippen molar-refractivity contribution in [2.45, 2.75) is 58.1 Å². The number of aromatic nitrogens is 4. The Morgan fingerprint density at radius 1 is 1.09 bits per heavy atom. The molecule has 178 valence electrons. The molecular weight excluding hydrogens is 437 g/mol. The Labute approximate surface area is 197 Å². The van der Waals surface area contributed by atoms with E-state index in [-0.39, 0.29) is 29.2 Å². The van der Waals surface area contributed by atoms with Gasteiger partial charge in [-0.2, -0.15) is 0 Å². The van der Waals surface area contributed by atoms with E-state index in [1.165, 1.54) is 10.6 Å². The molecular formula is C25H28FN5O3. The Kier molecular flexibility index (Phi) is 6.72. The van der Waals surface area contributed by atoms with Gasteiger partial charge in [0.1, 0.15) is 17.1 Å². The summed E-state index contributed by atoms with van der Waals surface area (Å²) in [6.07, 6.45) is 5.63. The number of pyridine rings is 2. The van der Waals surface area contributed by atoms with Gasteiger partial charge in [0.25, 0.3) is 5.56 Å². The first-order chi connectivity index (χ1) is 16.2. The van der Waals surface area contributed by atoms with Crippen molar-refractivity contribution in [2.24, 2.45) is 5.92 Å². The largest absolute Gasteiger partial charge is 0.460 e. The summed E-state index contributed by atoms with van der Waals surface area (Å²) in [6.45, 7) is 5.60. The molecule has 0 saturated heterocycles. The van der Waals surface area contributed by atoms with Crippen LogP contribution in [-0.2, 0) is 9.53 Å². The monoisotopic (exact) mass is 465 g/mol. The lowest BCUT2D eigenvalue weighted by Crippen LogP contribution is -2.34. The van der Waals surface area contributed by atoms with Gasteiger partial charge in [0, 0.05) is 18.3 Å². The molecule has 3 aromatic rings. The summed E-state index contributed by atoms with van der Waals surface area (Å²) in [6, 6.07) is 9.87. The molecule has 0 aliphatic heterocycles. The minimum absolute atomic E-state index is 0.0470. The lowest BCUT2D eigenvalue weighted by atomic mass is 9.86. The summed E-state index contributed by atoms with van der Waals surface area (Å²) >= 11 is 0. The van der Waals surface area contributed by atoms with Crippen LogP contribution in [0.1, 0.15) is 46.5 Å². The van der Waals surface area contributed by atoms with E-state index < -0.39 is 11.4 Å². The SMILES string of the molecule is CC(C)(C)OC(=O)C1CCC(Nc2ncc(F)c(-c3cccc(-n4ccccc4=O)n3)n2)CC1. The summed E-state index contributed by atoms with van der Waals surface area (Å²) in [7, 11) is 0. The zero-order valence-electron chi connectivity index (χ0n) is 19.5. The standard InChI is InChI=1S/C25H28FN5O3/c1-25(2,3)34-23(33)16-10-12-17(13-11-16)28-24-27-15-18(26)22(30-24)19-7-6-8-20(29-19)31-14-5-4-9-21(31)32/h4-9,14-17H,10-13H2,1-3H3,(H,27,28,30). The summed E-state index contributed by atoms with van der Waals surface area (Å²) in [5.74, 6) is -0.216. The predicted molar refractivity (Wildman–Crippen MR) is 126 cm³/mol. The number of carbonyl (C=O) groups excluding carboxylic acids is 1. The molecule has 1 fully saturated rings. The van der Waals surface area contributed by atoms with Gasteiger partial charge in [-0.1, -0.05) is 12.1 Å². The fraction of sp³-hybridized carbons (Fsp3) is 0.400. The third-order valence-corrected chi connectivity index (χ3v) is 5.59. The highest BCUT2D eigenvalue weighted by molar-refractivity contribution is 5.73. The molecule has 1 aliphatic carbocycles. The number of hydrogen-bond acceptors (Lipinski definition) is 7. The number of nitrogens with one attached hydrogen (secondary N) is 1. The maximum Gasteiger partial charge on any atom is 0.309 e. The Morgan fingerprint density at radius 3 is 2.56 bits per heavy atom. The number of halogens is 1. The van der Waals surface area contributed by atoms with Crippen LogP contribution in [0.2, 0.25) is 0 Å². The molecule has 3 heterocycles. The van der Waals surface area contributed by atoms with Crippen molar-refractivity contribution >= 4 is 11.9 Å². The van der Waals surface area contributed by atoms with Crippen molar-refractivity contribution < 1.29 is 13.9 Å². The third-order valence-electron chi connectivity index (χ3n) is 5.59. The smallest absolute Gasteiger partial charge is 0.309 e. The lowest BCUT2D eigenvalue weighted by Gasteiger charge is -2.30. The minimum Gasteiger partial charge on any atom is -0.460 e. The third kappa shape index (κ3) is 5.65. The molecule has 8 nitrogen and oxygen atoms in total. The molecule has 0 bridgehead atoms. The maximum atomic E-state index is 14.6. The van der Waals surface area contributed by atoms with Gasteiger partial charge in [0.15, 0.2) is 5.82 Å². The Hall–Kier alpha value is -3.62. The number of ether oxygens (including phenoxy) is 1. The summed E-state index contributed by atoms with van der Waals surface area (Å²) in [5.41, 5.74) is -0.389. The molecule has 0 spiro atoms. The Bertz CT molecular complexity index is 1230. The zero-order valence-corrected chi connectivity index (χ0v) is 19.5. The molecule has 34 heavy (non-hydrogen) atoms. The molecule has 0 unspecified atom stereocenters. The molecule has 0 atom stereocenters. The van der Waals surface area contributed by atoms with Crippen LogP contribution in [0.3, 0.4) is 0 Å². The maximum absolute atomic E-state index is 14.6. The number of nitrogens with zero attached hydrogens (tertiary/aromatic N) is 4. The van der Waals surface area contributed by atoms with E-state index in [4.69, 9.17) is 4.74 Å². The van der Waals surface area contributed by atoms with E-state index in [0.29, 0.717) is 30.3 Å². The van der Waals surface area contributed by atoms with Crippen LogP contribution >= 0.6 is 0 Å². The molecule has 0 amide bonds. The van der Waals surface area contributed by atoms with Crippen LogP contribution in [0, 0.1) is 11.7 Å². The average molecular weight is 466 g/mol. The average Bonchev–Trinajstić information content (AvgIpc) is 2.80. The fourth-order valence-electron chi connectivity index (χ4n) is 3.96. The lowest BCUT2D eigenvalue weighted by molar-refractivity contribution is -0.161. The first-order valence-electron chi connectivity index (χ1n) is 11.4. The summed E-state index contributed by atoms with van der Waals surface area (Å²) in [4.78, 5) is 37.3. The van der Waals surface area contributed by atoms with Crippen LogP contribution in [0.25, 0.3) is 17.2 Å². The van der Waals surface area contributed by atoms with Crippen LogP contribution in [0.4, 0.5) is 10.3 Å². The van der Waals surface area contributed by atoms with E-state index >= 15 is 0 Å². The highest BCUT2D eigenvalue weighted by Gasteiger charge is 2.30. The van der Waals surface area contributed by atoms with Crippen LogP contribution in [0.5, 0.6) is 0 Å². The quantitative estimate of drug-likeness (QED) is 0.566. The van der Waals surface area contributed by atoms with Crippen molar-refractivity contribution in [2.75, 3.05) is 5.32 Å².